The normalized spacial score (nSPS) is 19.5. The van der Waals surface area contributed by atoms with Crippen molar-refractivity contribution in [1.82, 2.24) is 0 Å². The van der Waals surface area contributed by atoms with Crippen LogP contribution < -0.4 is 0 Å². The molecule has 0 radical (unpaired) electrons. The first-order valence-electron chi connectivity index (χ1n) is 12.3. The average Bonchev–Trinajstić information content (AvgIpc) is 2.90. The number of allylic oxidation sites excluding steroid dienone is 2. The molecule has 0 bridgehead atoms. The van der Waals surface area contributed by atoms with E-state index in [0.29, 0.717) is 22.8 Å². The lowest BCUT2D eigenvalue weighted by atomic mass is 10.1. The lowest BCUT2D eigenvalue weighted by molar-refractivity contribution is 0.0536. The number of aryl methyl sites for hydroxylation is 3. The van der Waals surface area contributed by atoms with Gasteiger partial charge in [-0.1, -0.05) is 59.2 Å². The van der Waals surface area contributed by atoms with Crippen molar-refractivity contribution in [3.8, 4) is 0 Å². The zero-order valence-corrected chi connectivity index (χ0v) is 26.1. The molecule has 3 aromatic rings. The maximum Gasteiger partial charge on any atom is 0.338 e. The van der Waals surface area contributed by atoms with Gasteiger partial charge in [0.25, 0.3) is 25.2 Å². The Labute approximate surface area is 250 Å². The van der Waals surface area contributed by atoms with Gasteiger partial charge >= 0.3 is 20.2 Å². The fourth-order valence-electron chi connectivity index (χ4n) is 3.86. The lowest BCUT2D eigenvalue weighted by Crippen LogP contribution is -2.55. The molecule has 16 heteroatoms. The molecule has 0 aromatic heterocycles. The summed E-state index contributed by atoms with van der Waals surface area (Å²) in [6, 6.07) is 15.2. The van der Waals surface area contributed by atoms with Gasteiger partial charge in [0.05, 0.1) is 9.79 Å². The van der Waals surface area contributed by atoms with E-state index in [1.165, 1.54) is 48.5 Å². The summed E-state index contributed by atoms with van der Waals surface area (Å²) in [5, 5.41) is 0. The molecule has 3 aromatic carbocycles. The highest BCUT2D eigenvalue weighted by Gasteiger charge is 2.59. The van der Waals surface area contributed by atoms with E-state index in [9.17, 15) is 38.2 Å². The molecular formula is C27H26O12S4. The summed E-state index contributed by atoms with van der Waals surface area (Å²) < 4.78 is 131. The van der Waals surface area contributed by atoms with Crippen molar-refractivity contribution in [3.05, 3.63) is 113 Å². The van der Waals surface area contributed by atoms with Gasteiger partial charge in [-0.3, -0.25) is 4.55 Å². The van der Waals surface area contributed by atoms with Crippen LogP contribution in [0.15, 0.2) is 111 Å². The molecule has 1 aliphatic rings. The second-order valence-electron chi connectivity index (χ2n) is 9.57. The van der Waals surface area contributed by atoms with E-state index in [2.05, 4.69) is 0 Å². The van der Waals surface area contributed by atoms with Crippen molar-refractivity contribution in [2.24, 2.45) is 0 Å². The molecular weight excluding hydrogens is 645 g/mol. The minimum atomic E-state index is -5.80. The quantitative estimate of drug-likeness (QED) is 0.245. The van der Waals surface area contributed by atoms with Crippen LogP contribution in [-0.4, -0.2) is 49.3 Å². The Balaban J connectivity index is 1.89. The van der Waals surface area contributed by atoms with Gasteiger partial charge in [-0.15, -0.1) is 0 Å². The second kappa shape index (κ2) is 11.6. The average molecular weight is 671 g/mol. The van der Waals surface area contributed by atoms with Crippen LogP contribution in [0.3, 0.4) is 0 Å². The van der Waals surface area contributed by atoms with Gasteiger partial charge in [0.2, 0.25) is 0 Å². The summed E-state index contributed by atoms with van der Waals surface area (Å²) in [5.41, 5.74) is 2.00. The molecule has 4 rings (SSSR count). The molecule has 1 aliphatic carbocycles. The predicted octanol–water partition coefficient (Wildman–Crippen LogP) is 3.53. The minimum Gasteiger partial charge on any atom is -0.380 e. The van der Waals surface area contributed by atoms with Crippen LogP contribution in [0.2, 0.25) is 0 Å². The summed E-state index contributed by atoms with van der Waals surface area (Å²) in [7, 11) is -20.7. The molecule has 12 nitrogen and oxygen atoms in total. The highest BCUT2D eigenvalue weighted by molar-refractivity contribution is 7.90. The zero-order valence-electron chi connectivity index (χ0n) is 22.8. The fraction of sp³-hybridized carbons (Fsp3) is 0.185. The molecule has 0 heterocycles. The molecule has 0 saturated carbocycles. The first-order chi connectivity index (χ1) is 19.9. The van der Waals surface area contributed by atoms with Crippen LogP contribution in [0, 0.1) is 20.8 Å². The molecule has 0 aliphatic heterocycles. The Morgan fingerprint density at radius 3 is 1.42 bits per heavy atom. The summed E-state index contributed by atoms with van der Waals surface area (Å²) in [5.74, 6) is -1.02. The first-order valence-corrected chi connectivity index (χ1v) is 17.9. The van der Waals surface area contributed by atoms with Crippen molar-refractivity contribution >= 4 is 40.5 Å². The van der Waals surface area contributed by atoms with Gasteiger partial charge < -0.3 is 4.18 Å². The van der Waals surface area contributed by atoms with Crippen LogP contribution in [0.1, 0.15) is 16.7 Å². The SMILES string of the molecule is Cc1ccc(S(=O)(=O)OC2=CC=CC(OS(=O)(=O)c3ccc(C)cc3)(S(=O)(=O)O)C2OS(=O)(=O)c2ccc(C)cc2)cc1. The second-order valence-corrected chi connectivity index (χ2v) is 15.8. The van der Waals surface area contributed by atoms with Crippen molar-refractivity contribution in [2.45, 2.75) is 46.5 Å². The summed E-state index contributed by atoms with van der Waals surface area (Å²) in [6.07, 6.45) is -0.558. The van der Waals surface area contributed by atoms with Gasteiger partial charge in [-0.25, -0.2) is 8.37 Å². The molecule has 0 saturated heterocycles. The fourth-order valence-corrected chi connectivity index (χ4v) is 8.31. The third-order valence-corrected chi connectivity index (χ3v) is 11.5. The maximum absolute atomic E-state index is 13.4. The molecule has 0 spiro atoms. The molecule has 2 unspecified atom stereocenters. The van der Waals surface area contributed by atoms with Crippen molar-refractivity contribution in [2.75, 3.05) is 0 Å². The topological polar surface area (TPSA) is 184 Å². The largest absolute Gasteiger partial charge is 0.380 e. The van der Waals surface area contributed by atoms with Crippen LogP contribution in [0.25, 0.3) is 0 Å². The smallest absolute Gasteiger partial charge is 0.338 e. The number of hydrogen-bond donors (Lipinski definition) is 1. The van der Waals surface area contributed by atoms with Crippen molar-refractivity contribution < 1.29 is 50.8 Å². The summed E-state index contributed by atoms with van der Waals surface area (Å²) in [6.45, 7) is 5.02. The van der Waals surface area contributed by atoms with E-state index < -0.39 is 72.0 Å². The maximum atomic E-state index is 13.4. The van der Waals surface area contributed by atoms with Crippen LogP contribution in [0.5, 0.6) is 0 Å². The Morgan fingerprint density at radius 2 is 1.00 bits per heavy atom. The van der Waals surface area contributed by atoms with E-state index in [4.69, 9.17) is 12.5 Å². The third kappa shape index (κ3) is 6.90. The molecule has 230 valence electrons. The van der Waals surface area contributed by atoms with Crippen molar-refractivity contribution in [1.29, 1.82) is 0 Å². The Bertz CT molecular complexity index is 2010. The molecule has 43 heavy (non-hydrogen) atoms. The Kier molecular flexibility index (Phi) is 8.78. The van der Waals surface area contributed by atoms with Crippen LogP contribution in [0.4, 0.5) is 0 Å². The molecule has 2 atom stereocenters. The van der Waals surface area contributed by atoms with Gasteiger partial charge in [-0.05, 0) is 69.3 Å². The number of rotatable bonds is 10. The van der Waals surface area contributed by atoms with E-state index in [-0.39, 0.29) is 0 Å². The van der Waals surface area contributed by atoms with Crippen molar-refractivity contribution in [3.63, 3.8) is 0 Å². The Hall–Kier alpha value is -3.38. The minimum absolute atomic E-state index is 0.403. The monoisotopic (exact) mass is 670 g/mol. The molecule has 0 fully saturated rings. The number of benzene rings is 3. The molecule has 1 N–H and O–H groups in total. The van der Waals surface area contributed by atoms with Gasteiger partial charge in [-0.2, -0.15) is 33.7 Å². The van der Waals surface area contributed by atoms with Gasteiger partial charge in [0, 0.05) is 0 Å². The van der Waals surface area contributed by atoms with Crippen LogP contribution in [-0.2, 0) is 53.0 Å². The van der Waals surface area contributed by atoms with Gasteiger partial charge in [0.1, 0.15) is 4.90 Å². The number of hydrogen-bond acceptors (Lipinski definition) is 11. The highest BCUT2D eigenvalue weighted by atomic mass is 32.2. The van der Waals surface area contributed by atoms with Crippen LogP contribution >= 0.6 is 0 Å². The zero-order chi connectivity index (χ0) is 31.8. The third-order valence-electron chi connectivity index (χ3n) is 6.21. The van der Waals surface area contributed by atoms with E-state index >= 15 is 0 Å². The van der Waals surface area contributed by atoms with E-state index in [0.717, 1.165) is 36.4 Å². The summed E-state index contributed by atoms with van der Waals surface area (Å²) >= 11 is 0. The standard InChI is InChI=1S/C27H26O12S4/c1-19-6-12-22(13-7-19)40(28,29)37-25-5-4-18-27(43(34,35)36,39-42(32,33)24-16-10-21(3)11-17-24)26(25)38-41(30,31)23-14-8-20(2)9-15-23/h4-18,26H,1-3H3,(H,34,35,36). The summed E-state index contributed by atoms with van der Waals surface area (Å²) in [4.78, 5) is -5.03. The van der Waals surface area contributed by atoms with E-state index in [1.807, 2.05) is 0 Å². The highest BCUT2D eigenvalue weighted by Crippen LogP contribution is 2.40. The van der Waals surface area contributed by atoms with Gasteiger partial charge in [0.15, 0.2) is 11.9 Å². The molecule has 0 amide bonds. The van der Waals surface area contributed by atoms with E-state index in [1.54, 1.807) is 20.8 Å². The lowest BCUT2D eigenvalue weighted by Gasteiger charge is -2.35. The Morgan fingerprint density at radius 1 is 0.605 bits per heavy atom. The first kappa shape index (κ1) is 32.5. The predicted molar refractivity (Wildman–Crippen MR) is 154 cm³/mol.